The number of imidazole rings is 1. The molecule has 0 saturated heterocycles. The topological polar surface area (TPSA) is 141 Å². The maximum atomic E-state index is 12.3. The summed E-state index contributed by atoms with van der Waals surface area (Å²) >= 11 is 0. The summed E-state index contributed by atoms with van der Waals surface area (Å²) in [5, 5.41) is 26.3. The first kappa shape index (κ1) is 20.7. The molecule has 0 radical (unpaired) electrons. The van der Waals surface area contributed by atoms with Gasteiger partial charge in [0.2, 0.25) is 5.88 Å². The van der Waals surface area contributed by atoms with E-state index in [1.54, 1.807) is 0 Å². The molecule has 0 fully saturated rings. The van der Waals surface area contributed by atoms with E-state index in [1.165, 1.54) is 7.11 Å². The highest BCUT2D eigenvalue weighted by Crippen LogP contribution is 2.38. The van der Waals surface area contributed by atoms with Gasteiger partial charge in [0, 0.05) is 13.1 Å². The SMILES string of the molecule is COc1nc2nc(C(O)(c3ccccc3)c3ccccc3)n(CCN)c2cc1-c1nnn[nH]1. The van der Waals surface area contributed by atoms with Gasteiger partial charge >= 0.3 is 0 Å². The number of nitrogens with zero attached hydrogens (tertiary/aromatic N) is 6. The molecule has 0 bridgehead atoms. The zero-order valence-corrected chi connectivity index (χ0v) is 17.9. The molecular weight excluding hydrogens is 420 g/mol. The Bertz CT molecular complexity index is 1330. The third-order valence-corrected chi connectivity index (χ3v) is 5.56. The number of H-pyrrole nitrogens is 1. The number of nitrogens with one attached hydrogen (secondary N) is 1. The Hall–Kier alpha value is -4.15. The van der Waals surface area contributed by atoms with Crippen molar-refractivity contribution in [3.05, 3.63) is 83.7 Å². The van der Waals surface area contributed by atoms with Crippen molar-refractivity contribution in [1.82, 2.24) is 35.2 Å². The number of methoxy groups -OCH3 is 1. The maximum absolute atomic E-state index is 12.3. The number of nitrogens with two attached hydrogens (primary N) is 1. The summed E-state index contributed by atoms with van der Waals surface area (Å²) in [7, 11) is 1.52. The van der Waals surface area contributed by atoms with Crippen molar-refractivity contribution in [2.24, 2.45) is 5.73 Å². The Balaban J connectivity index is 1.83. The van der Waals surface area contributed by atoms with E-state index in [1.807, 2.05) is 71.3 Å². The van der Waals surface area contributed by atoms with E-state index in [9.17, 15) is 5.11 Å². The number of benzene rings is 2. The van der Waals surface area contributed by atoms with Crippen LogP contribution in [0.4, 0.5) is 0 Å². The number of pyridine rings is 1. The molecule has 0 aliphatic carbocycles. The van der Waals surface area contributed by atoms with Crippen LogP contribution in [-0.4, -0.2) is 53.9 Å². The highest BCUT2D eigenvalue weighted by Gasteiger charge is 2.39. The summed E-state index contributed by atoms with van der Waals surface area (Å²) in [6, 6.07) is 20.7. The standard InChI is InChI=1S/C23H22N8O2/c1-33-21-17(19-27-29-30-28-19)14-18-20(25-21)26-22(31(18)13-12-24)23(32,15-8-4-2-5-9-15)16-10-6-3-7-11-16/h2-11,14,32H,12-13,24H2,1H3,(H,27,28,29,30). The minimum atomic E-state index is -1.54. The number of aromatic amines is 1. The van der Waals surface area contributed by atoms with Crippen LogP contribution in [0, 0.1) is 0 Å². The van der Waals surface area contributed by atoms with Crippen molar-refractivity contribution >= 4 is 11.2 Å². The lowest BCUT2D eigenvalue weighted by molar-refractivity contribution is 0.112. The van der Waals surface area contributed by atoms with Crippen molar-refractivity contribution < 1.29 is 9.84 Å². The molecule has 0 aliphatic rings. The normalized spacial score (nSPS) is 11.7. The number of ether oxygens (including phenoxy) is 1. The van der Waals surface area contributed by atoms with Crippen LogP contribution in [0.5, 0.6) is 5.88 Å². The van der Waals surface area contributed by atoms with Gasteiger partial charge < -0.3 is 20.1 Å². The van der Waals surface area contributed by atoms with Crippen LogP contribution in [0.25, 0.3) is 22.6 Å². The molecule has 10 heteroatoms. The molecule has 3 heterocycles. The number of aliphatic hydroxyl groups is 1. The largest absolute Gasteiger partial charge is 0.480 e. The lowest BCUT2D eigenvalue weighted by Crippen LogP contribution is -2.33. The second kappa shape index (κ2) is 8.41. The van der Waals surface area contributed by atoms with Crippen LogP contribution >= 0.6 is 0 Å². The third-order valence-electron chi connectivity index (χ3n) is 5.56. The first-order valence-corrected chi connectivity index (χ1v) is 10.4. The maximum Gasteiger partial charge on any atom is 0.226 e. The fourth-order valence-corrected chi connectivity index (χ4v) is 4.05. The molecule has 5 aromatic rings. The number of hydrogen-bond acceptors (Lipinski definition) is 8. The number of rotatable bonds is 7. The Kier molecular flexibility index (Phi) is 5.29. The highest BCUT2D eigenvalue weighted by atomic mass is 16.5. The van der Waals surface area contributed by atoms with Gasteiger partial charge in [-0.3, -0.25) is 0 Å². The minimum absolute atomic E-state index is 0.313. The number of hydrogen-bond donors (Lipinski definition) is 3. The zero-order chi connectivity index (χ0) is 22.8. The summed E-state index contributed by atoms with van der Waals surface area (Å²) in [5.74, 6) is 1.13. The summed E-state index contributed by atoms with van der Waals surface area (Å²) in [6.07, 6.45) is 0. The molecule has 2 aromatic carbocycles. The fraction of sp³-hybridized carbons (Fsp3) is 0.174. The van der Waals surface area contributed by atoms with Crippen LogP contribution in [0.3, 0.4) is 0 Å². The van der Waals surface area contributed by atoms with E-state index in [0.717, 1.165) is 0 Å². The average molecular weight is 442 g/mol. The van der Waals surface area contributed by atoms with Crippen LogP contribution in [-0.2, 0) is 12.1 Å². The Morgan fingerprint density at radius 2 is 1.70 bits per heavy atom. The highest BCUT2D eigenvalue weighted by molar-refractivity contribution is 5.81. The van der Waals surface area contributed by atoms with Crippen molar-refractivity contribution in [3.8, 4) is 17.3 Å². The van der Waals surface area contributed by atoms with Gasteiger partial charge in [-0.1, -0.05) is 60.7 Å². The van der Waals surface area contributed by atoms with Gasteiger partial charge in [-0.2, -0.15) is 4.98 Å². The molecular formula is C23H22N8O2. The Morgan fingerprint density at radius 3 is 2.24 bits per heavy atom. The van der Waals surface area contributed by atoms with E-state index in [4.69, 9.17) is 15.5 Å². The first-order valence-electron chi connectivity index (χ1n) is 10.4. The predicted octanol–water partition coefficient (Wildman–Crippen LogP) is 1.86. The van der Waals surface area contributed by atoms with E-state index in [-0.39, 0.29) is 0 Å². The van der Waals surface area contributed by atoms with E-state index in [2.05, 4.69) is 25.6 Å². The molecule has 3 aromatic heterocycles. The van der Waals surface area contributed by atoms with E-state index >= 15 is 0 Å². The number of aromatic nitrogens is 7. The molecule has 0 atom stereocenters. The van der Waals surface area contributed by atoms with Gasteiger partial charge in [-0.15, -0.1) is 5.10 Å². The van der Waals surface area contributed by atoms with Crippen LogP contribution in [0.1, 0.15) is 17.0 Å². The molecule has 0 unspecified atom stereocenters. The molecule has 33 heavy (non-hydrogen) atoms. The van der Waals surface area contributed by atoms with Gasteiger partial charge in [0.05, 0.1) is 18.2 Å². The third kappa shape index (κ3) is 3.41. The predicted molar refractivity (Wildman–Crippen MR) is 121 cm³/mol. The number of fused-ring (bicyclic) bond motifs is 1. The zero-order valence-electron chi connectivity index (χ0n) is 17.9. The Morgan fingerprint density at radius 1 is 1.03 bits per heavy atom. The van der Waals surface area contributed by atoms with Crippen LogP contribution < -0.4 is 10.5 Å². The van der Waals surface area contributed by atoms with E-state index < -0.39 is 5.60 Å². The minimum Gasteiger partial charge on any atom is -0.480 e. The molecule has 0 amide bonds. The quantitative estimate of drug-likeness (QED) is 0.347. The smallest absolute Gasteiger partial charge is 0.226 e. The van der Waals surface area contributed by atoms with Crippen molar-refractivity contribution in [2.45, 2.75) is 12.1 Å². The summed E-state index contributed by atoms with van der Waals surface area (Å²) in [4.78, 5) is 9.38. The molecule has 5 rings (SSSR count). The van der Waals surface area contributed by atoms with Crippen LogP contribution in [0.15, 0.2) is 66.7 Å². The molecule has 0 spiro atoms. The van der Waals surface area contributed by atoms with Crippen molar-refractivity contribution in [3.63, 3.8) is 0 Å². The second-order valence-electron chi connectivity index (χ2n) is 7.46. The molecule has 0 saturated carbocycles. The molecule has 166 valence electrons. The Labute approximate surface area is 189 Å². The first-order chi connectivity index (χ1) is 16.2. The van der Waals surface area contributed by atoms with Gasteiger partial charge in [-0.05, 0) is 27.6 Å². The van der Waals surface area contributed by atoms with E-state index in [0.29, 0.717) is 58.5 Å². The van der Waals surface area contributed by atoms with Crippen LogP contribution in [0.2, 0.25) is 0 Å². The van der Waals surface area contributed by atoms with Crippen molar-refractivity contribution in [2.75, 3.05) is 13.7 Å². The average Bonchev–Trinajstić information content (AvgIpc) is 3.53. The van der Waals surface area contributed by atoms with Gasteiger partial charge in [0.15, 0.2) is 22.9 Å². The van der Waals surface area contributed by atoms with Gasteiger partial charge in [0.1, 0.15) is 0 Å². The lowest BCUT2D eigenvalue weighted by atomic mass is 9.85. The van der Waals surface area contributed by atoms with Gasteiger partial charge in [-0.25, -0.2) is 10.1 Å². The molecule has 0 aliphatic heterocycles. The molecule has 10 nitrogen and oxygen atoms in total. The number of tetrazole rings is 1. The summed E-state index contributed by atoms with van der Waals surface area (Å²) in [6.45, 7) is 0.749. The molecule has 4 N–H and O–H groups in total. The summed E-state index contributed by atoms with van der Waals surface area (Å²) in [5.41, 5.74) is 7.45. The summed E-state index contributed by atoms with van der Waals surface area (Å²) < 4.78 is 7.36. The van der Waals surface area contributed by atoms with Crippen molar-refractivity contribution in [1.29, 1.82) is 0 Å². The monoisotopic (exact) mass is 442 g/mol. The second-order valence-corrected chi connectivity index (χ2v) is 7.46. The fourth-order valence-electron chi connectivity index (χ4n) is 4.05. The lowest BCUT2D eigenvalue weighted by Gasteiger charge is -2.29. The van der Waals surface area contributed by atoms with Gasteiger partial charge in [0.25, 0.3) is 0 Å².